The molecule has 0 aromatic rings. The van der Waals surface area contributed by atoms with Gasteiger partial charge in [0.15, 0.2) is 0 Å². The Hall–Kier alpha value is 0.820. The molecule has 0 amide bonds. The van der Waals surface area contributed by atoms with Crippen molar-refractivity contribution in [1.82, 2.24) is 0 Å². The fourth-order valence-corrected chi connectivity index (χ4v) is 3.17. The van der Waals surface area contributed by atoms with Gasteiger partial charge in [0.1, 0.15) is 0 Å². The molecule has 0 spiro atoms. The third-order valence-electron chi connectivity index (χ3n) is 0.898. The predicted molar refractivity (Wildman–Crippen MR) is 40.4 cm³/mol. The molecule has 6 nitrogen and oxygen atoms in total. The van der Waals surface area contributed by atoms with Crippen LogP contribution in [0.5, 0.6) is 0 Å². The van der Waals surface area contributed by atoms with Crippen LogP contribution in [0, 0.1) is 0 Å². The molecule has 0 aliphatic carbocycles. The van der Waals surface area contributed by atoms with E-state index in [0.29, 0.717) is 0 Å². The molecule has 0 atom stereocenters. The van der Waals surface area contributed by atoms with Crippen LogP contribution in [0.2, 0.25) is 0 Å². The van der Waals surface area contributed by atoms with Crippen molar-refractivity contribution < 1.29 is 25.2 Å². The summed E-state index contributed by atoms with van der Waals surface area (Å²) in [6, 6.07) is 0. The van der Waals surface area contributed by atoms with Gasteiger partial charge in [0.25, 0.3) is 20.2 Å². The molecule has 0 bridgehead atoms. The smallest absolute Gasteiger partial charge is 0.267 e. The molecule has 0 unspecified atom stereocenters. The van der Waals surface area contributed by atoms with Crippen LogP contribution in [-0.4, -0.2) is 64.7 Å². The molecule has 0 saturated carbocycles. The monoisotopic (exact) mass is 225 g/mol. The first-order valence-electron chi connectivity index (χ1n) is 2.65. The van der Waals surface area contributed by atoms with Crippen LogP contribution in [0.25, 0.3) is 0 Å². The maximum atomic E-state index is 10.6. The fourth-order valence-electron chi connectivity index (χ4n) is 0.567. The van der Waals surface area contributed by atoms with Crippen LogP contribution in [0.15, 0.2) is 0 Å². The predicted octanol–water partition coefficient (Wildman–Crippen LogP) is -1.73. The van der Waals surface area contributed by atoms with Gasteiger partial charge in [-0.05, 0) is 0 Å². The summed E-state index contributed by atoms with van der Waals surface area (Å²) in [6.07, 6.45) is 0. The van der Waals surface area contributed by atoms with Crippen LogP contribution in [0.4, 0.5) is 0 Å². The van der Waals surface area contributed by atoms with Crippen LogP contribution >= 0.6 is 0 Å². The van der Waals surface area contributed by atoms with Gasteiger partial charge in [-0.25, -0.2) is 0 Å². The second-order valence-corrected chi connectivity index (χ2v) is 5.52. The summed E-state index contributed by atoms with van der Waals surface area (Å²) in [7, 11) is -7.88. The topological polar surface area (TPSA) is 86.7 Å². The van der Waals surface area contributed by atoms with E-state index in [9.17, 15) is 16.8 Å². The minimum absolute atomic E-state index is 0. The number of rotatable bonds is 0. The second kappa shape index (κ2) is 4.36. The third kappa shape index (κ3) is 4.17. The van der Waals surface area contributed by atoms with E-state index in [0.717, 1.165) is 0 Å². The summed E-state index contributed by atoms with van der Waals surface area (Å²) in [5, 5.41) is -1.10. The van der Waals surface area contributed by atoms with Crippen LogP contribution in [-0.2, 0) is 28.6 Å². The van der Waals surface area contributed by atoms with Crippen molar-refractivity contribution in [2.75, 3.05) is 18.3 Å². The molecule has 1 rings (SSSR count). The molecule has 67 valence electrons. The van der Waals surface area contributed by atoms with E-state index in [1.165, 1.54) is 0 Å². The van der Waals surface area contributed by atoms with Gasteiger partial charge in [-0.15, -0.1) is 0 Å². The quantitative estimate of drug-likeness (QED) is 0.359. The van der Waals surface area contributed by atoms with E-state index in [4.69, 9.17) is 0 Å². The minimum atomic E-state index is -3.94. The fraction of sp³-hybridized carbons (Fsp3) is 1.00. The second-order valence-electron chi connectivity index (χ2n) is 1.88. The first-order valence-corrected chi connectivity index (χ1v) is 5.81. The van der Waals surface area contributed by atoms with Crippen molar-refractivity contribution in [2.24, 2.45) is 0 Å². The first-order chi connectivity index (χ1) is 4.91. The summed E-state index contributed by atoms with van der Waals surface area (Å²) < 4.78 is 50.8. The van der Waals surface area contributed by atoms with Gasteiger partial charge >= 0.3 is 0 Å². The molecule has 1 aliphatic rings. The molecule has 9 heteroatoms. The standard InChI is InChI=1S/C3H6O6S2.Na/c4-10(5)3-11(6,7)9-2-1-8-10;/h1-3H2;. The largest absolute Gasteiger partial charge is 0.284 e. The maximum Gasteiger partial charge on any atom is 0.284 e. The van der Waals surface area contributed by atoms with Crippen molar-refractivity contribution in [3.05, 3.63) is 0 Å². The molecule has 1 fully saturated rings. The van der Waals surface area contributed by atoms with Gasteiger partial charge < -0.3 is 0 Å². The molecule has 0 aromatic heterocycles. The van der Waals surface area contributed by atoms with Crippen molar-refractivity contribution in [2.45, 2.75) is 0 Å². The summed E-state index contributed by atoms with van der Waals surface area (Å²) >= 11 is 0. The van der Waals surface area contributed by atoms with Crippen molar-refractivity contribution in [3.63, 3.8) is 0 Å². The molecule has 1 aliphatic heterocycles. The van der Waals surface area contributed by atoms with Gasteiger partial charge in [0.05, 0.1) is 13.2 Å². The summed E-state index contributed by atoms with van der Waals surface area (Å²) in [5.41, 5.74) is 0. The molecule has 1 heterocycles. The molecule has 1 radical (unpaired) electrons. The van der Waals surface area contributed by atoms with E-state index in [1.807, 2.05) is 0 Å². The van der Waals surface area contributed by atoms with Crippen LogP contribution in [0.3, 0.4) is 0 Å². The zero-order valence-electron chi connectivity index (χ0n) is 6.39. The first kappa shape index (κ1) is 12.8. The Morgan fingerprint density at radius 2 is 1.17 bits per heavy atom. The molecule has 12 heavy (non-hydrogen) atoms. The van der Waals surface area contributed by atoms with E-state index >= 15 is 0 Å². The average molecular weight is 225 g/mol. The van der Waals surface area contributed by atoms with Crippen molar-refractivity contribution in [1.29, 1.82) is 0 Å². The van der Waals surface area contributed by atoms with Crippen LogP contribution < -0.4 is 0 Å². The Morgan fingerprint density at radius 1 is 0.833 bits per heavy atom. The zero-order valence-corrected chi connectivity index (χ0v) is 10.0. The van der Waals surface area contributed by atoms with E-state index in [1.54, 1.807) is 0 Å². The third-order valence-corrected chi connectivity index (χ3v) is 4.26. The zero-order chi connectivity index (χ0) is 8.54. The van der Waals surface area contributed by atoms with Crippen molar-refractivity contribution >= 4 is 49.8 Å². The number of hydrogen-bond acceptors (Lipinski definition) is 6. The molecule has 0 N–H and O–H groups in total. The normalized spacial score (nSPS) is 26.7. The molecular weight excluding hydrogens is 219 g/mol. The summed E-state index contributed by atoms with van der Waals surface area (Å²) in [6.45, 7) is -0.497. The Labute approximate surface area is 92.8 Å². The van der Waals surface area contributed by atoms with Gasteiger partial charge in [-0.3, -0.25) is 8.37 Å². The van der Waals surface area contributed by atoms with Gasteiger partial charge in [-0.2, -0.15) is 16.8 Å². The summed E-state index contributed by atoms with van der Waals surface area (Å²) in [4.78, 5) is 0. The van der Waals surface area contributed by atoms with Gasteiger partial charge in [0, 0.05) is 29.6 Å². The van der Waals surface area contributed by atoms with E-state index in [-0.39, 0.29) is 42.8 Å². The SMILES string of the molecule is O=S1(=O)CS(=O)(=O)OCCO1.[Na]. The van der Waals surface area contributed by atoms with Gasteiger partial charge in [-0.1, -0.05) is 0 Å². The molecule has 0 aromatic carbocycles. The molecule has 1 saturated heterocycles. The minimum Gasteiger partial charge on any atom is -0.267 e. The Morgan fingerprint density at radius 3 is 1.50 bits per heavy atom. The molecular formula is C3H6NaO6S2. The van der Waals surface area contributed by atoms with Gasteiger partial charge in [0.2, 0.25) is 5.08 Å². The van der Waals surface area contributed by atoms with Crippen molar-refractivity contribution in [3.8, 4) is 0 Å². The number of hydrogen-bond donors (Lipinski definition) is 0. The van der Waals surface area contributed by atoms with E-state index in [2.05, 4.69) is 8.37 Å². The Balaban J connectivity index is 0.00000121. The van der Waals surface area contributed by atoms with Crippen LogP contribution in [0.1, 0.15) is 0 Å². The Bertz CT molecular complexity index is 294. The average Bonchev–Trinajstić information content (AvgIpc) is 1.86. The summed E-state index contributed by atoms with van der Waals surface area (Å²) in [5.74, 6) is 0. The van der Waals surface area contributed by atoms with E-state index < -0.39 is 25.3 Å². The Kier molecular flexibility index (Phi) is 4.66. The maximum absolute atomic E-state index is 10.6.